The second kappa shape index (κ2) is 4.83. The summed E-state index contributed by atoms with van der Waals surface area (Å²) in [7, 11) is 0. The van der Waals surface area contributed by atoms with Crippen molar-refractivity contribution in [1.29, 1.82) is 0 Å². The van der Waals surface area contributed by atoms with Crippen molar-refractivity contribution in [3.63, 3.8) is 0 Å². The molecule has 0 heteroatoms. The highest BCUT2D eigenvalue weighted by atomic mass is 14.3. The van der Waals surface area contributed by atoms with Gasteiger partial charge in [-0.2, -0.15) is 0 Å². The normalized spacial score (nSPS) is 34.9. The Morgan fingerprint density at radius 1 is 1.38 bits per heavy atom. The van der Waals surface area contributed by atoms with Crippen LogP contribution in [0.25, 0.3) is 0 Å². The Labute approximate surface area is 83.4 Å². The SMILES string of the molecule is C=CC[C@@H]1C[C@H](C)CC[C@H]1C(C)C. The molecule has 0 nitrogen and oxygen atoms in total. The third-order valence-corrected chi connectivity index (χ3v) is 3.63. The van der Waals surface area contributed by atoms with E-state index in [1.165, 1.54) is 25.7 Å². The van der Waals surface area contributed by atoms with Gasteiger partial charge in [-0.1, -0.05) is 33.3 Å². The van der Waals surface area contributed by atoms with Gasteiger partial charge in [-0.15, -0.1) is 6.58 Å². The fraction of sp³-hybridized carbons (Fsp3) is 0.846. The molecule has 0 spiro atoms. The highest BCUT2D eigenvalue weighted by Crippen LogP contribution is 2.39. The Morgan fingerprint density at radius 3 is 2.62 bits per heavy atom. The molecule has 13 heavy (non-hydrogen) atoms. The molecule has 1 fully saturated rings. The van der Waals surface area contributed by atoms with Gasteiger partial charge in [0.05, 0.1) is 0 Å². The zero-order chi connectivity index (χ0) is 9.84. The zero-order valence-corrected chi connectivity index (χ0v) is 9.42. The molecule has 0 amide bonds. The number of hydrogen-bond acceptors (Lipinski definition) is 0. The van der Waals surface area contributed by atoms with E-state index in [1.54, 1.807) is 0 Å². The largest absolute Gasteiger partial charge is 0.103 e. The summed E-state index contributed by atoms with van der Waals surface area (Å²) in [4.78, 5) is 0. The summed E-state index contributed by atoms with van der Waals surface area (Å²) >= 11 is 0. The molecule has 0 bridgehead atoms. The van der Waals surface area contributed by atoms with Crippen molar-refractivity contribution in [1.82, 2.24) is 0 Å². The standard InChI is InChI=1S/C13H24/c1-5-6-12-9-11(4)7-8-13(12)10(2)3/h5,10-13H,1,6-9H2,2-4H3/t11-,12-,13+/m1/s1. The fourth-order valence-corrected chi connectivity index (χ4v) is 2.88. The fourth-order valence-electron chi connectivity index (χ4n) is 2.88. The molecule has 0 aromatic rings. The summed E-state index contributed by atoms with van der Waals surface area (Å²) in [6.07, 6.45) is 7.65. The van der Waals surface area contributed by atoms with Crippen LogP contribution in [-0.4, -0.2) is 0 Å². The van der Waals surface area contributed by atoms with Gasteiger partial charge in [0.25, 0.3) is 0 Å². The Kier molecular flexibility index (Phi) is 4.02. The zero-order valence-electron chi connectivity index (χ0n) is 9.42. The van der Waals surface area contributed by atoms with Gasteiger partial charge in [-0.05, 0) is 42.9 Å². The van der Waals surface area contributed by atoms with Gasteiger partial charge in [-0.3, -0.25) is 0 Å². The van der Waals surface area contributed by atoms with Gasteiger partial charge >= 0.3 is 0 Å². The van der Waals surface area contributed by atoms with E-state index in [-0.39, 0.29) is 0 Å². The molecule has 1 aliphatic carbocycles. The average molecular weight is 180 g/mol. The first kappa shape index (κ1) is 10.8. The van der Waals surface area contributed by atoms with Crippen molar-refractivity contribution in [3.8, 4) is 0 Å². The van der Waals surface area contributed by atoms with Gasteiger partial charge in [0, 0.05) is 0 Å². The molecule has 0 aliphatic heterocycles. The molecular formula is C13H24. The summed E-state index contributed by atoms with van der Waals surface area (Å²) < 4.78 is 0. The third-order valence-electron chi connectivity index (χ3n) is 3.63. The van der Waals surface area contributed by atoms with Crippen LogP contribution in [0.3, 0.4) is 0 Å². The Hall–Kier alpha value is -0.260. The van der Waals surface area contributed by atoms with Crippen molar-refractivity contribution >= 4 is 0 Å². The summed E-state index contributed by atoms with van der Waals surface area (Å²) in [6, 6.07) is 0. The number of allylic oxidation sites excluding steroid dienone is 1. The monoisotopic (exact) mass is 180 g/mol. The van der Waals surface area contributed by atoms with E-state index in [9.17, 15) is 0 Å². The van der Waals surface area contributed by atoms with Crippen LogP contribution in [0.4, 0.5) is 0 Å². The maximum absolute atomic E-state index is 3.87. The number of hydrogen-bond donors (Lipinski definition) is 0. The van der Waals surface area contributed by atoms with Crippen LogP contribution < -0.4 is 0 Å². The van der Waals surface area contributed by atoms with E-state index in [2.05, 4.69) is 33.4 Å². The molecule has 0 unspecified atom stereocenters. The molecule has 0 heterocycles. The van der Waals surface area contributed by atoms with E-state index in [0.717, 1.165) is 23.7 Å². The highest BCUT2D eigenvalue weighted by Gasteiger charge is 2.29. The van der Waals surface area contributed by atoms with Crippen molar-refractivity contribution in [3.05, 3.63) is 12.7 Å². The van der Waals surface area contributed by atoms with Gasteiger partial charge in [0.15, 0.2) is 0 Å². The molecular weight excluding hydrogens is 156 g/mol. The van der Waals surface area contributed by atoms with Crippen LogP contribution in [0, 0.1) is 23.7 Å². The maximum Gasteiger partial charge on any atom is -0.0322 e. The quantitative estimate of drug-likeness (QED) is 0.569. The van der Waals surface area contributed by atoms with Crippen molar-refractivity contribution in [2.75, 3.05) is 0 Å². The lowest BCUT2D eigenvalue weighted by atomic mass is 9.69. The molecule has 76 valence electrons. The van der Waals surface area contributed by atoms with Crippen LogP contribution in [0.15, 0.2) is 12.7 Å². The predicted molar refractivity (Wildman–Crippen MR) is 59.6 cm³/mol. The summed E-state index contributed by atoms with van der Waals surface area (Å²) in [5, 5.41) is 0. The maximum atomic E-state index is 3.87. The molecule has 1 aliphatic rings. The second-order valence-electron chi connectivity index (χ2n) is 5.11. The second-order valence-corrected chi connectivity index (χ2v) is 5.11. The van der Waals surface area contributed by atoms with Gasteiger partial charge in [0.1, 0.15) is 0 Å². The van der Waals surface area contributed by atoms with Crippen LogP contribution in [0.2, 0.25) is 0 Å². The Bertz CT molecular complexity index is 157. The summed E-state index contributed by atoms with van der Waals surface area (Å²) in [5.74, 6) is 3.67. The topological polar surface area (TPSA) is 0 Å². The first-order chi connectivity index (χ1) is 6.15. The smallest absolute Gasteiger partial charge is 0.0322 e. The van der Waals surface area contributed by atoms with E-state index in [4.69, 9.17) is 0 Å². The predicted octanol–water partition coefficient (Wildman–Crippen LogP) is 4.27. The van der Waals surface area contributed by atoms with Gasteiger partial charge in [0.2, 0.25) is 0 Å². The lowest BCUT2D eigenvalue weighted by Gasteiger charge is -2.37. The lowest BCUT2D eigenvalue weighted by Crippen LogP contribution is -2.27. The van der Waals surface area contributed by atoms with Crippen molar-refractivity contribution in [2.45, 2.75) is 46.5 Å². The molecule has 3 atom stereocenters. The van der Waals surface area contributed by atoms with Crippen LogP contribution >= 0.6 is 0 Å². The van der Waals surface area contributed by atoms with Gasteiger partial charge < -0.3 is 0 Å². The first-order valence-electron chi connectivity index (χ1n) is 5.76. The van der Waals surface area contributed by atoms with Crippen molar-refractivity contribution in [2.24, 2.45) is 23.7 Å². The number of rotatable bonds is 3. The Balaban J connectivity index is 2.54. The molecule has 1 saturated carbocycles. The van der Waals surface area contributed by atoms with Crippen LogP contribution in [-0.2, 0) is 0 Å². The van der Waals surface area contributed by atoms with E-state index in [0.29, 0.717) is 0 Å². The van der Waals surface area contributed by atoms with E-state index in [1.807, 2.05) is 0 Å². The van der Waals surface area contributed by atoms with Crippen LogP contribution in [0.5, 0.6) is 0 Å². The molecule has 0 saturated heterocycles. The first-order valence-corrected chi connectivity index (χ1v) is 5.76. The van der Waals surface area contributed by atoms with Gasteiger partial charge in [-0.25, -0.2) is 0 Å². The van der Waals surface area contributed by atoms with Crippen molar-refractivity contribution < 1.29 is 0 Å². The summed E-state index contributed by atoms with van der Waals surface area (Å²) in [6.45, 7) is 11.0. The third kappa shape index (κ3) is 2.86. The Morgan fingerprint density at radius 2 is 2.08 bits per heavy atom. The molecule has 0 N–H and O–H groups in total. The lowest BCUT2D eigenvalue weighted by molar-refractivity contribution is 0.146. The molecule has 1 rings (SSSR count). The minimum Gasteiger partial charge on any atom is -0.103 e. The average Bonchev–Trinajstić information content (AvgIpc) is 2.04. The minimum atomic E-state index is 0.859. The van der Waals surface area contributed by atoms with E-state index >= 15 is 0 Å². The molecule has 0 aromatic heterocycles. The van der Waals surface area contributed by atoms with E-state index < -0.39 is 0 Å². The van der Waals surface area contributed by atoms with Crippen LogP contribution in [0.1, 0.15) is 46.5 Å². The highest BCUT2D eigenvalue weighted by molar-refractivity contribution is 4.84. The molecule has 0 aromatic carbocycles. The molecule has 0 radical (unpaired) electrons. The summed E-state index contributed by atoms with van der Waals surface area (Å²) in [5.41, 5.74) is 0. The minimum absolute atomic E-state index is 0.859.